The molecule has 0 fully saturated rings. The molecule has 0 radical (unpaired) electrons. The van der Waals surface area contributed by atoms with Crippen molar-refractivity contribution >= 4 is 17.7 Å². The number of aromatic amines is 1. The molecule has 0 saturated heterocycles. The number of carbonyl (C=O) groups is 1. The first-order valence-corrected chi connectivity index (χ1v) is 6.74. The smallest absolute Gasteiger partial charge is 0.220 e. The summed E-state index contributed by atoms with van der Waals surface area (Å²) in [6.45, 7) is 0.667. The molecule has 6 heteroatoms. The number of amides is 1. The fraction of sp³-hybridized carbons (Fsp3) is 0.545. The number of allylic oxidation sites excluding steroid dienone is 2. The highest BCUT2D eigenvalue weighted by molar-refractivity contribution is 7.99. The zero-order valence-electron chi connectivity index (χ0n) is 9.56. The molecule has 0 spiro atoms. The van der Waals surface area contributed by atoms with Gasteiger partial charge in [-0.15, -0.1) is 0 Å². The number of H-pyrrole nitrogens is 1. The standard InChI is InChI=1S/C11H16N4OS/c16-10(7-9-3-1-2-4-9)12-5-6-17-11-13-8-14-15-11/h1,3,8-9H,2,4-7H2,(H,12,16)(H,13,14,15). The first-order chi connectivity index (χ1) is 8.34. The van der Waals surface area contributed by atoms with E-state index in [-0.39, 0.29) is 5.91 Å². The van der Waals surface area contributed by atoms with Crippen molar-refractivity contribution in [2.45, 2.75) is 24.4 Å². The van der Waals surface area contributed by atoms with Gasteiger partial charge < -0.3 is 5.32 Å². The lowest BCUT2D eigenvalue weighted by molar-refractivity contribution is -0.121. The average molecular weight is 252 g/mol. The maximum Gasteiger partial charge on any atom is 0.220 e. The topological polar surface area (TPSA) is 70.7 Å². The highest BCUT2D eigenvalue weighted by atomic mass is 32.2. The zero-order chi connectivity index (χ0) is 11.9. The molecule has 2 N–H and O–H groups in total. The summed E-state index contributed by atoms with van der Waals surface area (Å²) in [6, 6.07) is 0. The van der Waals surface area contributed by atoms with E-state index >= 15 is 0 Å². The Morgan fingerprint density at radius 2 is 2.59 bits per heavy atom. The second-order valence-corrected chi connectivity index (χ2v) is 5.04. The van der Waals surface area contributed by atoms with Gasteiger partial charge >= 0.3 is 0 Å². The molecule has 92 valence electrons. The van der Waals surface area contributed by atoms with Crippen LogP contribution < -0.4 is 5.32 Å². The molecule has 17 heavy (non-hydrogen) atoms. The Morgan fingerprint density at radius 1 is 1.65 bits per heavy atom. The highest BCUT2D eigenvalue weighted by Gasteiger charge is 2.13. The van der Waals surface area contributed by atoms with E-state index in [4.69, 9.17) is 0 Å². The number of carbonyl (C=O) groups excluding carboxylic acids is 1. The molecule has 1 unspecified atom stereocenters. The molecule has 0 saturated carbocycles. The minimum Gasteiger partial charge on any atom is -0.355 e. The second kappa shape index (κ2) is 6.44. The van der Waals surface area contributed by atoms with E-state index < -0.39 is 0 Å². The van der Waals surface area contributed by atoms with Gasteiger partial charge in [-0.3, -0.25) is 9.89 Å². The van der Waals surface area contributed by atoms with Crippen LogP contribution >= 0.6 is 11.8 Å². The summed E-state index contributed by atoms with van der Waals surface area (Å²) in [5.74, 6) is 1.39. The Hall–Kier alpha value is -1.30. The fourth-order valence-corrected chi connectivity index (χ4v) is 2.41. The molecule has 1 atom stereocenters. The Balaban J connectivity index is 1.55. The van der Waals surface area contributed by atoms with Gasteiger partial charge in [0.15, 0.2) is 5.16 Å². The molecule has 1 amide bonds. The van der Waals surface area contributed by atoms with Crippen molar-refractivity contribution in [2.24, 2.45) is 5.92 Å². The van der Waals surface area contributed by atoms with Gasteiger partial charge in [0.25, 0.3) is 0 Å². The van der Waals surface area contributed by atoms with Gasteiger partial charge in [0, 0.05) is 18.7 Å². The molecule has 1 aliphatic carbocycles. The summed E-state index contributed by atoms with van der Waals surface area (Å²) in [5.41, 5.74) is 0. The van der Waals surface area contributed by atoms with Crippen LogP contribution in [0.3, 0.4) is 0 Å². The number of nitrogens with one attached hydrogen (secondary N) is 2. The highest BCUT2D eigenvalue weighted by Crippen LogP contribution is 2.19. The first-order valence-electron chi connectivity index (χ1n) is 5.76. The van der Waals surface area contributed by atoms with Crippen molar-refractivity contribution in [1.29, 1.82) is 0 Å². The van der Waals surface area contributed by atoms with E-state index in [0.717, 1.165) is 23.8 Å². The van der Waals surface area contributed by atoms with E-state index in [0.29, 0.717) is 18.9 Å². The van der Waals surface area contributed by atoms with Crippen molar-refractivity contribution in [3.05, 3.63) is 18.5 Å². The summed E-state index contributed by atoms with van der Waals surface area (Å²) < 4.78 is 0. The number of nitrogens with zero attached hydrogens (tertiary/aromatic N) is 2. The van der Waals surface area contributed by atoms with Crippen molar-refractivity contribution in [2.75, 3.05) is 12.3 Å². The summed E-state index contributed by atoms with van der Waals surface area (Å²) in [5, 5.41) is 10.2. The van der Waals surface area contributed by atoms with Crippen LogP contribution in [-0.4, -0.2) is 33.4 Å². The van der Waals surface area contributed by atoms with Crippen LogP contribution in [0.1, 0.15) is 19.3 Å². The van der Waals surface area contributed by atoms with Crippen LogP contribution in [0.5, 0.6) is 0 Å². The van der Waals surface area contributed by atoms with E-state index in [1.165, 1.54) is 6.33 Å². The third-order valence-electron chi connectivity index (χ3n) is 2.62. The Morgan fingerprint density at radius 3 is 3.29 bits per heavy atom. The quantitative estimate of drug-likeness (QED) is 0.456. The minimum absolute atomic E-state index is 0.139. The zero-order valence-corrected chi connectivity index (χ0v) is 10.4. The molecule has 0 aromatic carbocycles. The van der Waals surface area contributed by atoms with Crippen LogP contribution in [0.4, 0.5) is 0 Å². The lowest BCUT2D eigenvalue weighted by Crippen LogP contribution is -2.27. The Labute approximate surface area is 104 Å². The molecule has 1 heterocycles. The van der Waals surface area contributed by atoms with Gasteiger partial charge in [0.2, 0.25) is 5.91 Å². The molecule has 1 aromatic heterocycles. The van der Waals surface area contributed by atoms with E-state index in [1.54, 1.807) is 11.8 Å². The molecule has 2 rings (SSSR count). The predicted octanol–water partition coefficient (Wildman–Crippen LogP) is 1.37. The summed E-state index contributed by atoms with van der Waals surface area (Å²) in [4.78, 5) is 15.6. The lowest BCUT2D eigenvalue weighted by atomic mass is 10.1. The molecule has 0 aliphatic heterocycles. The SMILES string of the molecule is O=C(CC1C=CCC1)NCCSc1ncn[nH]1. The van der Waals surface area contributed by atoms with Gasteiger partial charge in [-0.25, -0.2) is 4.98 Å². The first kappa shape index (κ1) is 12.2. The average Bonchev–Trinajstić information content (AvgIpc) is 2.96. The van der Waals surface area contributed by atoms with Crippen LogP contribution in [0.15, 0.2) is 23.6 Å². The molecule has 5 nitrogen and oxygen atoms in total. The van der Waals surface area contributed by atoms with Gasteiger partial charge in [-0.05, 0) is 18.8 Å². The van der Waals surface area contributed by atoms with Crippen LogP contribution in [0.2, 0.25) is 0 Å². The number of hydrogen-bond acceptors (Lipinski definition) is 4. The van der Waals surface area contributed by atoms with Gasteiger partial charge in [-0.2, -0.15) is 5.10 Å². The predicted molar refractivity (Wildman–Crippen MR) is 66.6 cm³/mol. The monoisotopic (exact) mass is 252 g/mol. The molecule has 0 bridgehead atoms. The normalized spacial score (nSPS) is 18.5. The van der Waals surface area contributed by atoms with Crippen molar-refractivity contribution in [3.8, 4) is 0 Å². The van der Waals surface area contributed by atoms with Crippen LogP contribution in [0, 0.1) is 5.92 Å². The Kier molecular flexibility index (Phi) is 4.61. The van der Waals surface area contributed by atoms with E-state index in [1.807, 2.05) is 0 Å². The van der Waals surface area contributed by atoms with Crippen molar-refractivity contribution in [1.82, 2.24) is 20.5 Å². The molecule has 1 aromatic rings. The van der Waals surface area contributed by atoms with E-state index in [9.17, 15) is 4.79 Å². The number of aromatic nitrogens is 3. The summed E-state index contributed by atoms with van der Waals surface area (Å²) in [6.07, 6.45) is 8.61. The second-order valence-electron chi connectivity index (χ2n) is 3.96. The van der Waals surface area contributed by atoms with Gasteiger partial charge in [0.1, 0.15) is 6.33 Å². The van der Waals surface area contributed by atoms with Gasteiger partial charge in [0.05, 0.1) is 0 Å². The molecule has 1 aliphatic rings. The minimum atomic E-state index is 0.139. The lowest BCUT2D eigenvalue weighted by Gasteiger charge is -2.07. The van der Waals surface area contributed by atoms with Crippen molar-refractivity contribution < 1.29 is 4.79 Å². The number of thioether (sulfide) groups is 1. The number of rotatable bonds is 6. The summed E-state index contributed by atoms with van der Waals surface area (Å²) >= 11 is 1.55. The van der Waals surface area contributed by atoms with Crippen molar-refractivity contribution in [3.63, 3.8) is 0 Å². The van der Waals surface area contributed by atoms with Gasteiger partial charge in [-0.1, -0.05) is 23.9 Å². The maximum atomic E-state index is 11.6. The van der Waals surface area contributed by atoms with Crippen LogP contribution in [-0.2, 0) is 4.79 Å². The third-order valence-corrected chi connectivity index (χ3v) is 3.49. The maximum absolute atomic E-state index is 11.6. The molecular weight excluding hydrogens is 236 g/mol. The largest absolute Gasteiger partial charge is 0.355 e. The van der Waals surface area contributed by atoms with Crippen LogP contribution in [0.25, 0.3) is 0 Å². The third kappa shape index (κ3) is 4.22. The van der Waals surface area contributed by atoms with E-state index in [2.05, 4.69) is 32.7 Å². The number of hydrogen-bond donors (Lipinski definition) is 2. The Bertz CT molecular complexity index is 377. The fourth-order valence-electron chi connectivity index (χ4n) is 1.78. The molecular formula is C11H16N4OS. The summed E-state index contributed by atoms with van der Waals surface area (Å²) in [7, 11) is 0.